The summed E-state index contributed by atoms with van der Waals surface area (Å²) in [6, 6.07) is 12.0. The van der Waals surface area contributed by atoms with Gasteiger partial charge in [0, 0.05) is 31.6 Å². The highest BCUT2D eigenvalue weighted by atomic mass is 32.1. The summed E-state index contributed by atoms with van der Waals surface area (Å²) in [6.07, 6.45) is 2.47. The van der Waals surface area contributed by atoms with Crippen molar-refractivity contribution in [2.75, 3.05) is 7.05 Å². The highest BCUT2D eigenvalue weighted by Crippen LogP contribution is 2.29. The predicted octanol–water partition coefficient (Wildman–Crippen LogP) is 3.05. The largest absolute Gasteiger partial charge is 0.347 e. The lowest BCUT2D eigenvalue weighted by Gasteiger charge is -2.15. The molecule has 1 atom stereocenters. The lowest BCUT2D eigenvalue weighted by Crippen LogP contribution is -2.27. The number of amides is 1. The lowest BCUT2D eigenvalue weighted by molar-refractivity contribution is -0.119. The topological polar surface area (TPSA) is 79.8 Å². The van der Waals surface area contributed by atoms with Crippen LogP contribution in [-0.2, 0) is 17.8 Å². The molecule has 0 aliphatic rings. The maximum absolute atomic E-state index is 11.7. The molecule has 1 aromatic carbocycles. The molecule has 0 fully saturated rings. The van der Waals surface area contributed by atoms with Crippen LogP contribution in [0.5, 0.6) is 0 Å². The van der Waals surface area contributed by atoms with Crippen LogP contribution in [0.4, 0.5) is 0 Å². The molecule has 0 bridgehead atoms. The number of hydrogen-bond acceptors (Lipinski definition) is 6. The molecular formula is C20H23N5OS. The number of benzene rings is 1. The highest BCUT2D eigenvalue weighted by Gasteiger charge is 2.19. The standard InChI is InChI=1S/C20H23N5OS/c1-13-5-4-6-16(9-13)19-24-25-20(27-19)18(23-14(2)26)10-15-7-8-17(12-21-3)22-11-15/h4-9,11,18,21H,10,12H2,1-3H3,(H,23,26). The van der Waals surface area contributed by atoms with Crippen molar-refractivity contribution in [2.45, 2.75) is 32.9 Å². The summed E-state index contributed by atoms with van der Waals surface area (Å²) >= 11 is 1.51. The van der Waals surface area contributed by atoms with Gasteiger partial charge in [0.15, 0.2) is 0 Å². The minimum Gasteiger partial charge on any atom is -0.347 e. The number of nitrogens with one attached hydrogen (secondary N) is 2. The Bertz CT molecular complexity index is 907. The second-order valence-corrected chi connectivity index (χ2v) is 7.47. The van der Waals surface area contributed by atoms with E-state index < -0.39 is 0 Å². The van der Waals surface area contributed by atoms with Gasteiger partial charge in [0.1, 0.15) is 10.0 Å². The number of rotatable bonds is 7. The van der Waals surface area contributed by atoms with Crippen molar-refractivity contribution < 1.29 is 4.79 Å². The predicted molar refractivity (Wildman–Crippen MR) is 107 cm³/mol. The molecule has 1 amide bonds. The summed E-state index contributed by atoms with van der Waals surface area (Å²) in [7, 11) is 1.89. The van der Waals surface area contributed by atoms with Gasteiger partial charge in [0.25, 0.3) is 0 Å². The number of carbonyl (C=O) groups excluding carboxylic acids is 1. The molecule has 1 unspecified atom stereocenters. The van der Waals surface area contributed by atoms with Crippen LogP contribution >= 0.6 is 11.3 Å². The van der Waals surface area contributed by atoms with Crippen LogP contribution in [0.25, 0.3) is 10.6 Å². The lowest BCUT2D eigenvalue weighted by atomic mass is 10.1. The van der Waals surface area contributed by atoms with Gasteiger partial charge in [-0.15, -0.1) is 10.2 Å². The van der Waals surface area contributed by atoms with Crippen molar-refractivity contribution >= 4 is 17.2 Å². The molecule has 6 nitrogen and oxygen atoms in total. The molecule has 2 aromatic heterocycles. The maximum Gasteiger partial charge on any atom is 0.217 e. The molecule has 0 saturated carbocycles. The van der Waals surface area contributed by atoms with E-state index in [1.165, 1.54) is 23.8 Å². The zero-order chi connectivity index (χ0) is 19.2. The first-order valence-electron chi connectivity index (χ1n) is 8.81. The first-order valence-corrected chi connectivity index (χ1v) is 9.62. The minimum absolute atomic E-state index is 0.0907. The van der Waals surface area contributed by atoms with Gasteiger partial charge in [0.2, 0.25) is 5.91 Å². The molecule has 2 heterocycles. The van der Waals surface area contributed by atoms with E-state index in [0.717, 1.165) is 33.4 Å². The van der Waals surface area contributed by atoms with Gasteiger partial charge >= 0.3 is 0 Å². The molecular weight excluding hydrogens is 358 g/mol. The summed E-state index contributed by atoms with van der Waals surface area (Å²) < 4.78 is 0. The summed E-state index contributed by atoms with van der Waals surface area (Å²) in [5.74, 6) is -0.0907. The van der Waals surface area contributed by atoms with Gasteiger partial charge in [-0.1, -0.05) is 41.2 Å². The van der Waals surface area contributed by atoms with Crippen LogP contribution < -0.4 is 10.6 Å². The number of aromatic nitrogens is 3. The molecule has 2 N–H and O–H groups in total. The molecule has 0 saturated heterocycles. The van der Waals surface area contributed by atoms with E-state index in [2.05, 4.69) is 44.9 Å². The number of hydrogen-bond donors (Lipinski definition) is 2. The second kappa shape index (κ2) is 8.83. The molecule has 0 spiro atoms. The second-order valence-electron chi connectivity index (χ2n) is 6.46. The van der Waals surface area contributed by atoms with Crippen LogP contribution in [0.3, 0.4) is 0 Å². The molecule has 3 rings (SSSR count). The third-order valence-electron chi connectivity index (χ3n) is 4.06. The molecule has 0 aliphatic carbocycles. The Hall–Kier alpha value is -2.64. The van der Waals surface area contributed by atoms with Crippen molar-refractivity contribution in [3.8, 4) is 10.6 Å². The van der Waals surface area contributed by atoms with E-state index in [-0.39, 0.29) is 11.9 Å². The average molecular weight is 382 g/mol. The molecule has 3 aromatic rings. The third kappa shape index (κ3) is 5.18. The van der Waals surface area contributed by atoms with E-state index in [4.69, 9.17) is 0 Å². The Morgan fingerprint density at radius 3 is 2.74 bits per heavy atom. The van der Waals surface area contributed by atoms with Crippen LogP contribution in [0, 0.1) is 6.92 Å². The van der Waals surface area contributed by atoms with E-state index in [1.807, 2.05) is 37.5 Å². The highest BCUT2D eigenvalue weighted by molar-refractivity contribution is 7.14. The molecule has 0 aliphatic heterocycles. The zero-order valence-corrected chi connectivity index (χ0v) is 16.5. The van der Waals surface area contributed by atoms with E-state index in [9.17, 15) is 4.79 Å². The summed E-state index contributed by atoms with van der Waals surface area (Å²) in [5, 5.41) is 16.4. The summed E-state index contributed by atoms with van der Waals surface area (Å²) in [4.78, 5) is 16.1. The Morgan fingerprint density at radius 1 is 1.22 bits per heavy atom. The smallest absolute Gasteiger partial charge is 0.217 e. The van der Waals surface area contributed by atoms with Crippen molar-refractivity contribution in [3.05, 3.63) is 64.4 Å². The van der Waals surface area contributed by atoms with Crippen molar-refractivity contribution in [1.82, 2.24) is 25.8 Å². The quantitative estimate of drug-likeness (QED) is 0.658. The van der Waals surface area contributed by atoms with Gasteiger partial charge in [0.05, 0.1) is 11.7 Å². The van der Waals surface area contributed by atoms with Gasteiger partial charge < -0.3 is 10.6 Å². The first kappa shape index (κ1) is 19.1. The van der Waals surface area contributed by atoms with Crippen molar-refractivity contribution in [3.63, 3.8) is 0 Å². The normalized spacial score (nSPS) is 12.0. The fourth-order valence-corrected chi connectivity index (χ4v) is 3.70. The van der Waals surface area contributed by atoms with Gasteiger partial charge in [-0.05, 0) is 31.7 Å². The van der Waals surface area contributed by atoms with Gasteiger partial charge in [-0.2, -0.15) is 0 Å². The molecule has 140 valence electrons. The van der Waals surface area contributed by atoms with Crippen LogP contribution in [0.1, 0.15) is 34.8 Å². The van der Waals surface area contributed by atoms with E-state index >= 15 is 0 Å². The summed E-state index contributed by atoms with van der Waals surface area (Å²) in [5.41, 5.74) is 4.24. The number of pyridine rings is 1. The van der Waals surface area contributed by atoms with Crippen molar-refractivity contribution in [2.24, 2.45) is 0 Å². The van der Waals surface area contributed by atoms with Crippen molar-refractivity contribution in [1.29, 1.82) is 0 Å². The Balaban J connectivity index is 1.81. The Labute approximate surface area is 163 Å². The monoisotopic (exact) mass is 381 g/mol. The Kier molecular flexibility index (Phi) is 6.26. The number of aryl methyl sites for hydroxylation is 1. The maximum atomic E-state index is 11.7. The fraction of sp³-hybridized carbons (Fsp3) is 0.300. The van der Waals surface area contributed by atoms with Gasteiger partial charge in [-0.3, -0.25) is 9.78 Å². The van der Waals surface area contributed by atoms with Gasteiger partial charge in [-0.25, -0.2) is 0 Å². The molecule has 7 heteroatoms. The number of carbonyl (C=O) groups is 1. The Morgan fingerprint density at radius 2 is 2.07 bits per heavy atom. The first-order chi connectivity index (χ1) is 13.0. The molecule has 0 radical (unpaired) electrons. The fourth-order valence-electron chi connectivity index (χ4n) is 2.81. The SMILES string of the molecule is CNCc1ccc(CC(NC(C)=O)c2nnc(-c3cccc(C)c3)s2)cn1. The zero-order valence-electron chi connectivity index (χ0n) is 15.7. The van der Waals surface area contributed by atoms with Crippen LogP contribution in [0.15, 0.2) is 42.6 Å². The van der Waals surface area contributed by atoms with Crippen LogP contribution in [-0.4, -0.2) is 28.1 Å². The van der Waals surface area contributed by atoms with E-state index in [1.54, 1.807) is 0 Å². The van der Waals surface area contributed by atoms with Crippen LogP contribution in [0.2, 0.25) is 0 Å². The number of nitrogens with zero attached hydrogens (tertiary/aromatic N) is 3. The molecule has 27 heavy (non-hydrogen) atoms. The van der Waals surface area contributed by atoms with E-state index in [0.29, 0.717) is 6.42 Å². The average Bonchev–Trinajstić information content (AvgIpc) is 3.13. The third-order valence-corrected chi connectivity index (χ3v) is 5.15. The summed E-state index contributed by atoms with van der Waals surface area (Å²) in [6.45, 7) is 4.30. The minimum atomic E-state index is -0.226.